The topological polar surface area (TPSA) is 97.8 Å². The number of benzene rings is 1. The van der Waals surface area contributed by atoms with Gasteiger partial charge in [0.05, 0.1) is 5.56 Å². The van der Waals surface area contributed by atoms with Crippen molar-refractivity contribution < 1.29 is 13.5 Å². The number of aromatic nitrogens is 3. The molecule has 128 valence electrons. The largest absolute Gasteiger partial charge is 0.444 e. The zero-order valence-corrected chi connectivity index (χ0v) is 13.6. The van der Waals surface area contributed by atoms with Gasteiger partial charge in [0, 0.05) is 48.3 Å². The summed E-state index contributed by atoms with van der Waals surface area (Å²) in [5, 5.41) is 7.59. The molecule has 2 aromatic heterocycles. The molecule has 3 N–H and O–H groups in total. The van der Waals surface area contributed by atoms with Gasteiger partial charge in [-0.2, -0.15) is 4.37 Å². The van der Waals surface area contributed by atoms with Crippen LogP contribution in [0, 0.1) is 5.41 Å². The van der Waals surface area contributed by atoms with Gasteiger partial charge in [-0.3, -0.25) is 0 Å². The first-order valence-corrected chi connectivity index (χ1v) is 7.96. The fourth-order valence-electron chi connectivity index (χ4n) is 2.03. The van der Waals surface area contributed by atoms with Gasteiger partial charge in [0.15, 0.2) is 5.82 Å². The van der Waals surface area contributed by atoms with E-state index in [0.717, 1.165) is 23.3 Å². The lowest BCUT2D eigenvalue weighted by molar-refractivity contribution is 0.147. The van der Waals surface area contributed by atoms with E-state index in [-0.39, 0.29) is 10.8 Å². The standard InChI is InChI=1S/C16H13F2N5OS/c17-15(18)12-4-14(25-23-12)24-13-3-9(5-19)1-2-11(13)16-21-7-10(6-20)8-22-16/h1-5,7-8,15,19H,6,20H2. The second kappa shape index (κ2) is 7.41. The van der Waals surface area contributed by atoms with Crippen LogP contribution in [0.5, 0.6) is 10.8 Å². The van der Waals surface area contributed by atoms with Gasteiger partial charge in [-0.15, -0.1) is 0 Å². The average molecular weight is 361 g/mol. The molecule has 0 aliphatic carbocycles. The Balaban J connectivity index is 1.98. The lowest BCUT2D eigenvalue weighted by atomic mass is 10.1. The molecule has 0 amide bonds. The molecule has 3 rings (SSSR count). The maximum absolute atomic E-state index is 12.7. The van der Waals surface area contributed by atoms with E-state index in [9.17, 15) is 8.78 Å². The summed E-state index contributed by atoms with van der Waals surface area (Å²) >= 11 is 0.829. The van der Waals surface area contributed by atoms with Crippen LogP contribution in [0.15, 0.2) is 36.7 Å². The van der Waals surface area contributed by atoms with E-state index < -0.39 is 6.43 Å². The Labute approximate surface area is 146 Å². The number of halogens is 2. The van der Waals surface area contributed by atoms with Crippen molar-refractivity contribution in [2.45, 2.75) is 13.0 Å². The van der Waals surface area contributed by atoms with Gasteiger partial charge in [-0.25, -0.2) is 18.7 Å². The average Bonchev–Trinajstić information content (AvgIpc) is 3.10. The molecule has 0 fully saturated rings. The summed E-state index contributed by atoms with van der Waals surface area (Å²) in [4.78, 5) is 8.50. The monoisotopic (exact) mass is 361 g/mol. The molecule has 1 aromatic carbocycles. The Hall–Kier alpha value is -2.78. The minimum Gasteiger partial charge on any atom is -0.444 e. The number of nitrogens with two attached hydrogens (primary N) is 1. The number of hydrogen-bond donors (Lipinski definition) is 2. The first kappa shape index (κ1) is 17.1. The summed E-state index contributed by atoms with van der Waals surface area (Å²) < 4.78 is 34.7. The van der Waals surface area contributed by atoms with E-state index in [1.807, 2.05) is 0 Å². The van der Waals surface area contributed by atoms with E-state index in [0.29, 0.717) is 29.2 Å². The number of rotatable bonds is 6. The normalized spacial score (nSPS) is 10.9. The Kier molecular flexibility index (Phi) is 5.05. The van der Waals surface area contributed by atoms with Crippen molar-refractivity contribution in [3.8, 4) is 22.2 Å². The summed E-state index contributed by atoms with van der Waals surface area (Å²) in [6.07, 6.45) is 1.72. The highest BCUT2D eigenvalue weighted by Crippen LogP contribution is 2.35. The molecule has 6 nitrogen and oxygen atoms in total. The second-order valence-corrected chi connectivity index (χ2v) is 5.76. The summed E-state index contributed by atoms with van der Waals surface area (Å²) in [5.74, 6) is 0.758. The molecule has 0 saturated heterocycles. The quantitative estimate of drug-likeness (QED) is 0.651. The minimum absolute atomic E-state index is 0.220. The molecule has 0 spiro atoms. The number of nitrogens with zero attached hydrogens (tertiary/aromatic N) is 3. The summed E-state index contributed by atoms with van der Waals surface area (Å²) in [5.41, 5.74) is 7.15. The highest BCUT2D eigenvalue weighted by Gasteiger charge is 2.16. The van der Waals surface area contributed by atoms with Crippen LogP contribution < -0.4 is 10.5 Å². The van der Waals surface area contributed by atoms with Crippen LogP contribution in [0.25, 0.3) is 11.4 Å². The van der Waals surface area contributed by atoms with Crippen LogP contribution in [0.2, 0.25) is 0 Å². The van der Waals surface area contributed by atoms with Crippen LogP contribution in [0.1, 0.15) is 23.2 Å². The van der Waals surface area contributed by atoms with Crippen molar-refractivity contribution in [3.05, 3.63) is 53.5 Å². The highest BCUT2D eigenvalue weighted by atomic mass is 32.1. The smallest absolute Gasteiger partial charge is 0.281 e. The van der Waals surface area contributed by atoms with Crippen molar-refractivity contribution in [1.82, 2.24) is 14.3 Å². The third-order valence-corrected chi connectivity index (χ3v) is 3.98. The predicted octanol–water partition coefficient (Wildman–Crippen LogP) is 3.79. The Morgan fingerprint density at radius 1 is 1.24 bits per heavy atom. The van der Waals surface area contributed by atoms with Crippen molar-refractivity contribution in [2.75, 3.05) is 0 Å². The zero-order chi connectivity index (χ0) is 17.8. The Morgan fingerprint density at radius 2 is 2.00 bits per heavy atom. The van der Waals surface area contributed by atoms with Gasteiger partial charge in [0.2, 0.25) is 5.06 Å². The van der Waals surface area contributed by atoms with E-state index in [2.05, 4.69) is 14.3 Å². The SMILES string of the molecule is N=Cc1ccc(-c2ncc(CN)cn2)c(Oc2cc(C(F)F)ns2)c1. The third kappa shape index (κ3) is 3.83. The van der Waals surface area contributed by atoms with Crippen molar-refractivity contribution in [3.63, 3.8) is 0 Å². The molecule has 0 saturated carbocycles. The number of alkyl halides is 2. The van der Waals surface area contributed by atoms with Crippen LogP contribution in [0.3, 0.4) is 0 Å². The maximum Gasteiger partial charge on any atom is 0.281 e. The fraction of sp³-hybridized carbons (Fsp3) is 0.125. The fourth-order valence-corrected chi connectivity index (χ4v) is 2.66. The third-order valence-electron chi connectivity index (χ3n) is 3.30. The molecular weight excluding hydrogens is 348 g/mol. The molecule has 0 aliphatic heterocycles. The van der Waals surface area contributed by atoms with Gasteiger partial charge in [0.1, 0.15) is 11.4 Å². The molecule has 3 aromatic rings. The highest BCUT2D eigenvalue weighted by molar-refractivity contribution is 7.07. The Morgan fingerprint density at radius 3 is 2.60 bits per heavy atom. The summed E-state index contributed by atoms with van der Waals surface area (Å²) in [6, 6.07) is 6.23. The lowest BCUT2D eigenvalue weighted by Gasteiger charge is -2.10. The molecule has 9 heteroatoms. The maximum atomic E-state index is 12.7. The van der Waals surface area contributed by atoms with E-state index in [1.54, 1.807) is 30.6 Å². The van der Waals surface area contributed by atoms with Crippen molar-refractivity contribution in [1.29, 1.82) is 5.41 Å². The van der Waals surface area contributed by atoms with Crippen LogP contribution in [-0.4, -0.2) is 20.6 Å². The molecule has 0 atom stereocenters. The van der Waals surface area contributed by atoms with E-state index >= 15 is 0 Å². The summed E-state index contributed by atoms with van der Waals surface area (Å²) in [7, 11) is 0. The second-order valence-electron chi connectivity index (χ2n) is 4.99. The first-order valence-electron chi connectivity index (χ1n) is 7.19. The van der Waals surface area contributed by atoms with Gasteiger partial charge < -0.3 is 15.9 Å². The number of hydrogen-bond acceptors (Lipinski definition) is 7. The molecule has 0 unspecified atom stereocenters. The van der Waals surface area contributed by atoms with E-state index in [4.69, 9.17) is 15.9 Å². The van der Waals surface area contributed by atoms with Crippen LogP contribution in [-0.2, 0) is 6.54 Å². The van der Waals surface area contributed by atoms with Crippen molar-refractivity contribution in [2.24, 2.45) is 5.73 Å². The van der Waals surface area contributed by atoms with Gasteiger partial charge in [-0.1, -0.05) is 6.07 Å². The minimum atomic E-state index is -2.66. The molecule has 0 bridgehead atoms. The molecule has 0 radical (unpaired) electrons. The van der Waals surface area contributed by atoms with E-state index in [1.165, 1.54) is 6.07 Å². The lowest BCUT2D eigenvalue weighted by Crippen LogP contribution is -2.00. The number of nitrogens with one attached hydrogen (secondary N) is 1. The van der Waals surface area contributed by atoms with Gasteiger partial charge >= 0.3 is 0 Å². The molecule has 2 heterocycles. The first-order chi connectivity index (χ1) is 12.1. The molecule has 0 aliphatic rings. The van der Waals surface area contributed by atoms with Crippen LogP contribution in [0.4, 0.5) is 8.78 Å². The zero-order valence-electron chi connectivity index (χ0n) is 12.8. The number of ether oxygens (including phenoxy) is 1. The Bertz CT molecular complexity index is 882. The van der Waals surface area contributed by atoms with Gasteiger partial charge in [0.25, 0.3) is 6.43 Å². The summed E-state index contributed by atoms with van der Waals surface area (Å²) in [6.45, 7) is 0.327. The van der Waals surface area contributed by atoms with Crippen LogP contribution >= 0.6 is 11.5 Å². The predicted molar refractivity (Wildman–Crippen MR) is 90.4 cm³/mol. The molecular formula is C16H13F2N5OS. The molecule has 25 heavy (non-hydrogen) atoms. The van der Waals surface area contributed by atoms with Crippen molar-refractivity contribution >= 4 is 17.7 Å². The van der Waals surface area contributed by atoms with Gasteiger partial charge in [-0.05, 0) is 17.7 Å².